The van der Waals surface area contributed by atoms with Gasteiger partial charge in [-0.15, -0.1) is 0 Å². The second-order valence-corrected chi connectivity index (χ2v) is 5.05. The van der Waals surface area contributed by atoms with Crippen molar-refractivity contribution in [2.75, 3.05) is 20.2 Å². The number of aromatic nitrogens is 1. The maximum atomic E-state index is 12.1. The molecule has 1 heterocycles. The van der Waals surface area contributed by atoms with Gasteiger partial charge in [-0.25, -0.2) is 8.78 Å². The number of pyridine rings is 1. The van der Waals surface area contributed by atoms with E-state index in [4.69, 9.17) is 4.74 Å². The normalized spacial score (nSPS) is 11.6. The van der Waals surface area contributed by atoms with E-state index in [0.29, 0.717) is 0 Å². The molecule has 0 aliphatic heterocycles. The van der Waals surface area contributed by atoms with Gasteiger partial charge in [-0.3, -0.25) is 9.78 Å². The topological polar surface area (TPSA) is 62.7 Å². The number of likely N-dealkylation sites (N-methyl/N-ethyl adjacent to an activating group) is 1. The van der Waals surface area contributed by atoms with Crippen LogP contribution in [0.5, 0.6) is 5.75 Å². The van der Waals surface area contributed by atoms with E-state index in [9.17, 15) is 18.7 Å². The van der Waals surface area contributed by atoms with Crippen LogP contribution >= 0.6 is 0 Å². The molecule has 0 atom stereocenters. The highest BCUT2D eigenvalue weighted by atomic mass is 19.3. The molecule has 0 fully saturated rings. The summed E-state index contributed by atoms with van der Waals surface area (Å²) in [5.74, 6) is -0.269. The van der Waals surface area contributed by atoms with Crippen LogP contribution in [0.1, 0.15) is 24.3 Å². The number of aliphatic hydroxyl groups is 1. The molecular weight excluding hydrogens is 270 g/mol. The number of halogens is 2. The highest BCUT2D eigenvalue weighted by Crippen LogP contribution is 2.14. The Morgan fingerprint density at radius 3 is 2.75 bits per heavy atom. The van der Waals surface area contributed by atoms with E-state index in [1.165, 1.54) is 30.3 Å². The summed E-state index contributed by atoms with van der Waals surface area (Å²) in [6.07, 6.45) is -1.27. The van der Waals surface area contributed by atoms with Crippen molar-refractivity contribution in [2.24, 2.45) is 0 Å². The predicted molar refractivity (Wildman–Crippen MR) is 69.0 cm³/mol. The molecule has 0 radical (unpaired) electrons. The van der Waals surface area contributed by atoms with E-state index >= 15 is 0 Å². The third kappa shape index (κ3) is 5.48. The first-order valence-corrected chi connectivity index (χ1v) is 6.04. The first-order valence-electron chi connectivity index (χ1n) is 6.04. The lowest BCUT2D eigenvalue weighted by Gasteiger charge is -2.25. The quantitative estimate of drug-likeness (QED) is 0.863. The molecule has 0 bridgehead atoms. The number of alkyl halides is 2. The molecule has 0 aliphatic rings. The lowest BCUT2D eigenvalue weighted by Crippen LogP contribution is -2.40. The molecule has 5 nitrogen and oxygen atoms in total. The van der Waals surface area contributed by atoms with Gasteiger partial charge in [0.05, 0.1) is 5.60 Å². The molecule has 0 aromatic carbocycles. The molecule has 1 aromatic heterocycles. The molecule has 20 heavy (non-hydrogen) atoms. The fourth-order valence-electron chi connectivity index (χ4n) is 1.62. The van der Waals surface area contributed by atoms with E-state index in [1.54, 1.807) is 13.8 Å². The van der Waals surface area contributed by atoms with Gasteiger partial charge in [0.2, 0.25) is 0 Å². The monoisotopic (exact) mass is 288 g/mol. The van der Waals surface area contributed by atoms with Crippen LogP contribution in [0.25, 0.3) is 0 Å². The Labute approximate surface area is 116 Å². The number of carbonyl (C=O) groups is 1. The third-order valence-electron chi connectivity index (χ3n) is 2.30. The van der Waals surface area contributed by atoms with Crippen LogP contribution in [0.3, 0.4) is 0 Å². The van der Waals surface area contributed by atoms with E-state index in [-0.39, 0.29) is 18.0 Å². The summed E-state index contributed by atoms with van der Waals surface area (Å²) in [5.41, 5.74) is -0.961. The Balaban J connectivity index is 2.75. The summed E-state index contributed by atoms with van der Waals surface area (Å²) in [5, 5.41) is 9.66. The van der Waals surface area contributed by atoms with Crippen LogP contribution in [0.4, 0.5) is 8.78 Å². The van der Waals surface area contributed by atoms with Gasteiger partial charge in [-0.2, -0.15) is 0 Å². The lowest BCUT2D eigenvalue weighted by molar-refractivity contribution is 0.0364. The third-order valence-corrected chi connectivity index (χ3v) is 2.30. The van der Waals surface area contributed by atoms with Gasteiger partial charge in [0.1, 0.15) is 18.1 Å². The molecule has 0 saturated carbocycles. The number of hydrogen-bond acceptors (Lipinski definition) is 4. The van der Waals surface area contributed by atoms with Gasteiger partial charge in [-0.1, -0.05) is 0 Å². The smallest absolute Gasteiger partial charge is 0.272 e. The Morgan fingerprint density at radius 2 is 2.20 bits per heavy atom. The maximum Gasteiger partial charge on any atom is 0.272 e. The fourth-order valence-corrected chi connectivity index (χ4v) is 1.62. The number of carbonyl (C=O) groups excluding carboxylic acids is 1. The summed E-state index contributed by atoms with van der Waals surface area (Å²) in [4.78, 5) is 17.2. The standard InChI is InChI=1S/C13H18F2N2O3/c1-13(2,19)8-17(3)12(18)10-6-9(4-5-16-10)20-7-11(14)15/h4-6,11,19H,7-8H2,1-3H3. The molecule has 1 aromatic rings. The van der Waals surface area contributed by atoms with Crippen LogP contribution in [-0.4, -0.2) is 53.1 Å². The average Bonchev–Trinajstić information content (AvgIpc) is 2.33. The molecule has 0 aliphatic carbocycles. The van der Waals surface area contributed by atoms with Crippen molar-refractivity contribution in [1.29, 1.82) is 0 Å². The fraction of sp³-hybridized carbons (Fsp3) is 0.538. The number of hydrogen-bond donors (Lipinski definition) is 1. The largest absolute Gasteiger partial charge is 0.488 e. The van der Waals surface area contributed by atoms with Crippen molar-refractivity contribution in [3.8, 4) is 5.75 Å². The lowest BCUT2D eigenvalue weighted by atomic mass is 10.1. The number of rotatable bonds is 6. The molecular formula is C13H18F2N2O3. The zero-order valence-electron chi connectivity index (χ0n) is 11.6. The minimum atomic E-state index is -2.58. The second-order valence-electron chi connectivity index (χ2n) is 5.05. The first-order chi connectivity index (χ1) is 9.19. The van der Waals surface area contributed by atoms with Crippen molar-refractivity contribution in [3.05, 3.63) is 24.0 Å². The molecule has 1 N–H and O–H groups in total. The minimum Gasteiger partial charge on any atom is -0.488 e. The van der Waals surface area contributed by atoms with Crippen LogP contribution < -0.4 is 4.74 Å². The van der Waals surface area contributed by atoms with Crippen LogP contribution in [0, 0.1) is 0 Å². The van der Waals surface area contributed by atoms with Gasteiger partial charge >= 0.3 is 0 Å². The number of ether oxygens (including phenoxy) is 1. The Morgan fingerprint density at radius 1 is 1.55 bits per heavy atom. The van der Waals surface area contributed by atoms with Crippen LogP contribution in [0.15, 0.2) is 18.3 Å². The van der Waals surface area contributed by atoms with Crippen molar-refractivity contribution < 1.29 is 23.4 Å². The van der Waals surface area contributed by atoms with E-state index in [2.05, 4.69) is 4.98 Å². The number of amides is 1. The second kappa shape index (κ2) is 6.60. The molecule has 112 valence electrons. The molecule has 7 heteroatoms. The van der Waals surface area contributed by atoms with E-state index in [0.717, 1.165) is 0 Å². The van der Waals surface area contributed by atoms with Crippen molar-refractivity contribution in [1.82, 2.24) is 9.88 Å². The van der Waals surface area contributed by atoms with Crippen molar-refractivity contribution in [2.45, 2.75) is 25.9 Å². The zero-order valence-corrected chi connectivity index (χ0v) is 11.6. The molecule has 1 amide bonds. The number of nitrogens with zero attached hydrogens (tertiary/aromatic N) is 2. The first kappa shape index (κ1) is 16.3. The SMILES string of the molecule is CN(CC(C)(C)O)C(=O)c1cc(OCC(F)F)ccn1. The summed E-state index contributed by atoms with van der Waals surface area (Å²) < 4.78 is 28.9. The van der Waals surface area contributed by atoms with Crippen LogP contribution in [0.2, 0.25) is 0 Å². The molecule has 0 spiro atoms. The zero-order chi connectivity index (χ0) is 15.3. The Kier molecular flexibility index (Phi) is 5.38. The summed E-state index contributed by atoms with van der Waals surface area (Å²) in [7, 11) is 1.52. The highest BCUT2D eigenvalue weighted by Gasteiger charge is 2.21. The minimum absolute atomic E-state index is 0.0727. The summed E-state index contributed by atoms with van der Waals surface area (Å²) >= 11 is 0. The summed E-state index contributed by atoms with van der Waals surface area (Å²) in [6, 6.07) is 2.70. The Hall–Kier alpha value is -1.76. The van der Waals surface area contributed by atoms with Gasteiger partial charge < -0.3 is 14.7 Å². The maximum absolute atomic E-state index is 12.1. The van der Waals surface area contributed by atoms with Crippen molar-refractivity contribution >= 4 is 5.91 Å². The van der Waals surface area contributed by atoms with Gasteiger partial charge in [0.25, 0.3) is 12.3 Å². The predicted octanol–water partition coefficient (Wildman–Crippen LogP) is 1.57. The van der Waals surface area contributed by atoms with Gasteiger partial charge in [0.15, 0.2) is 0 Å². The summed E-state index contributed by atoms with van der Waals surface area (Å²) in [6.45, 7) is 2.53. The van der Waals surface area contributed by atoms with E-state index < -0.39 is 24.5 Å². The van der Waals surface area contributed by atoms with Gasteiger partial charge in [0, 0.05) is 25.9 Å². The van der Waals surface area contributed by atoms with Crippen LogP contribution in [-0.2, 0) is 0 Å². The van der Waals surface area contributed by atoms with Gasteiger partial charge in [-0.05, 0) is 19.9 Å². The highest BCUT2D eigenvalue weighted by molar-refractivity contribution is 5.92. The van der Waals surface area contributed by atoms with Crippen molar-refractivity contribution in [3.63, 3.8) is 0 Å². The van der Waals surface area contributed by atoms with E-state index in [1.807, 2.05) is 0 Å². The average molecular weight is 288 g/mol. The molecule has 0 unspecified atom stereocenters. The Bertz CT molecular complexity index is 461. The molecule has 1 rings (SSSR count). The molecule has 0 saturated heterocycles.